The summed E-state index contributed by atoms with van der Waals surface area (Å²) in [5.74, 6) is -0.843. The lowest BCUT2D eigenvalue weighted by atomic mass is 10.1. The quantitative estimate of drug-likeness (QED) is 0.455. The van der Waals surface area contributed by atoms with Crippen molar-refractivity contribution < 1.29 is 33.4 Å². The van der Waals surface area contributed by atoms with Crippen LogP contribution < -0.4 is 10.2 Å². The zero-order valence-corrected chi connectivity index (χ0v) is 19.2. The fourth-order valence-corrected chi connectivity index (χ4v) is 3.69. The van der Waals surface area contributed by atoms with Gasteiger partial charge in [0.1, 0.15) is 25.2 Å². The standard InChI is InChI=1S/C26H24FN3O6/c27-21-15-20(28-24(31)35-16-18-7-3-1-4-8-18)11-12-22(21)30(23-13-14-29(23)25(32)33)26(34)36-17-19-9-5-2-6-10-19/h1-12,15,23H,13-14,16-17H2,(H,28,31)(H,32,33). The van der Waals surface area contributed by atoms with Crippen LogP contribution in [0.3, 0.4) is 0 Å². The van der Waals surface area contributed by atoms with E-state index in [0.717, 1.165) is 27.0 Å². The minimum atomic E-state index is -1.23. The van der Waals surface area contributed by atoms with Gasteiger partial charge in [0.2, 0.25) is 0 Å². The monoisotopic (exact) mass is 493 g/mol. The van der Waals surface area contributed by atoms with Crippen molar-refractivity contribution >= 4 is 29.7 Å². The average Bonchev–Trinajstić information content (AvgIpc) is 2.85. The van der Waals surface area contributed by atoms with Gasteiger partial charge in [-0.2, -0.15) is 0 Å². The number of carbonyl (C=O) groups excluding carboxylic acids is 2. The van der Waals surface area contributed by atoms with E-state index >= 15 is 4.39 Å². The zero-order chi connectivity index (χ0) is 25.5. The number of benzene rings is 3. The van der Waals surface area contributed by atoms with E-state index in [1.165, 1.54) is 12.1 Å². The molecule has 1 atom stereocenters. The molecule has 186 valence electrons. The molecule has 0 radical (unpaired) electrons. The number of nitrogens with one attached hydrogen (secondary N) is 1. The second kappa shape index (κ2) is 11.2. The average molecular weight is 493 g/mol. The fraction of sp³-hybridized carbons (Fsp3) is 0.192. The first-order valence-corrected chi connectivity index (χ1v) is 11.2. The van der Waals surface area contributed by atoms with Crippen molar-refractivity contribution in [3.8, 4) is 0 Å². The molecule has 4 rings (SSSR count). The van der Waals surface area contributed by atoms with Gasteiger partial charge in [-0.15, -0.1) is 0 Å². The van der Waals surface area contributed by atoms with Crippen LogP contribution in [0.1, 0.15) is 17.5 Å². The summed E-state index contributed by atoms with van der Waals surface area (Å²) in [6, 6.07) is 21.7. The lowest BCUT2D eigenvalue weighted by Crippen LogP contribution is -2.61. The van der Waals surface area contributed by atoms with Crippen molar-refractivity contribution in [1.29, 1.82) is 0 Å². The smallest absolute Gasteiger partial charge is 0.416 e. The van der Waals surface area contributed by atoms with Crippen LogP contribution in [0.2, 0.25) is 0 Å². The van der Waals surface area contributed by atoms with Crippen LogP contribution in [0.15, 0.2) is 78.9 Å². The number of hydrogen-bond acceptors (Lipinski definition) is 5. The molecule has 1 heterocycles. The minimum Gasteiger partial charge on any atom is -0.465 e. The maximum absolute atomic E-state index is 15.2. The third kappa shape index (κ3) is 5.90. The Labute approximate surface area is 206 Å². The van der Waals surface area contributed by atoms with Crippen LogP contribution in [0.25, 0.3) is 0 Å². The van der Waals surface area contributed by atoms with Crippen LogP contribution in [-0.4, -0.2) is 41.0 Å². The topological polar surface area (TPSA) is 108 Å². The van der Waals surface area contributed by atoms with Crippen LogP contribution in [0.5, 0.6) is 0 Å². The summed E-state index contributed by atoms with van der Waals surface area (Å²) >= 11 is 0. The fourth-order valence-electron chi connectivity index (χ4n) is 3.69. The van der Waals surface area contributed by atoms with Gasteiger partial charge in [0, 0.05) is 18.7 Å². The number of carbonyl (C=O) groups is 3. The number of likely N-dealkylation sites (tertiary alicyclic amines) is 1. The summed E-state index contributed by atoms with van der Waals surface area (Å²) in [6.07, 6.45) is -3.50. The lowest BCUT2D eigenvalue weighted by Gasteiger charge is -2.44. The molecule has 1 aliphatic rings. The molecule has 1 aliphatic heterocycles. The highest BCUT2D eigenvalue weighted by Crippen LogP contribution is 2.31. The summed E-state index contributed by atoms with van der Waals surface area (Å²) < 4.78 is 25.7. The molecule has 0 saturated carbocycles. The van der Waals surface area contributed by atoms with Gasteiger partial charge in [0.25, 0.3) is 0 Å². The van der Waals surface area contributed by atoms with Crippen molar-refractivity contribution in [3.05, 3.63) is 95.8 Å². The zero-order valence-electron chi connectivity index (χ0n) is 19.2. The molecule has 1 unspecified atom stereocenters. The van der Waals surface area contributed by atoms with Crippen molar-refractivity contribution in [2.24, 2.45) is 0 Å². The first-order valence-electron chi connectivity index (χ1n) is 11.2. The number of amides is 3. The van der Waals surface area contributed by atoms with Crippen molar-refractivity contribution in [1.82, 2.24) is 4.90 Å². The summed E-state index contributed by atoms with van der Waals surface area (Å²) in [6.45, 7) is 0.183. The summed E-state index contributed by atoms with van der Waals surface area (Å²) in [5, 5.41) is 11.9. The summed E-state index contributed by atoms with van der Waals surface area (Å²) in [4.78, 5) is 38.6. The maximum Gasteiger partial charge on any atom is 0.416 e. The molecule has 3 aromatic rings. The second-order valence-corrected chi connectivity index (χ2v) is 8.01. The number of ether oxygens (including phenoxy) is 2. The highest BCUT2D eigenvalue weighted by molar-refractivity contribution is 5.91. The van der Waals surface area contributed by atoms with Crippen LogP contribution in [0, 0.1) is 5.82 Å². The number of anilines is 2. The van der Waals surface area contributed by atoms with E-state index in [2.05, 4.69) is 5.32 Å². The molecule has 1 saturated heterocycles. The first kappa shape index (κ1) is 24.5. The van der Waals surface area contributed by atoms with E-state index in [0.29, 0.717) is 6.42 Å². The highest BCUT2D eigenvalue weighted by Gasteiger charge is 2.41. The molecular formula is C26H24FN3O6. The van der Waals surface area contributed by atoms with Gasteiger partial charge >= 0.3 is 18.3 Å². The number of rotatable bonds is 7. The van der Waals surface area contributed by atoms with Crippen molar-refractivity contribution in [2.45, 2.75) is 25.8 Å². The van der Waals surface area contributed by atoms with E-state index in [9.17, 15) is 19.5 Å². The Kier molecular flexibility index (Phi) is 7.64. The predicted molar refractivity (Wildman–Crippen MR) is 129 cm³/mol. The Bertz CT molecular complexity index is 1220. The summed E-state index contributed by atoms with van der Waals surface area (Å²) in [5.41, 5.74) is 1.45. The van der Waals surface area contributed by atoms with E-state index in [-0.39, 0.29) is 31.1 Å². The molecule has 3 amide bonds. The Morgan fingerprint density at radius 3 is 2.08 bits per heavy atom. The van der Waals surface area contributed by atoms with E-state index in [1.54, 1.807) is 36.4 Å². The first-order chi connectivity index (χ1) is 17.4. The molecule has 2 N–H and O–H groups in total. The Hall–Kier alpha value is -4.60. The van der Waals surface area contributed by atoms with Gasteiger partial charge in [-0.25, -0.2) is 18.8 Å². The van der Waals surface area contributed by atoms with E-state index in [1.807, 2.05) is 24.3 Å². The van der Waals surface area contributed by atoms with Crippen molar-refractivity contribution in [2.75, 3.05) is 16.8 Å². The van der Waals surface area contributed by atoms with Gasteiger partial charge in [0.15, 0.2) is 0 Å². The maximum atomic E-state index is 15.2. The van der Waals surface area contributed by atoms with E-state index < -0.39 is 30.3 Å². The molecule has 9 nitrogen and oxygen atoms in total. The van der Waals surface area contributed by atoms with Crippen LogP contribution in [-0.2, 0) is 22.7 Å². The molecule has 10 heteroatoms. The Morgan fingerprint density at radius 1 is 0.944 bits per heavy atom. The minimum absolute atomic E-state index is 0.0426. The van der Waals surface area contributed by atoms with Crippen LogP contribution >= 0.6 is 0 Å². The molecular weight excluding hydrogens is 469 g/mol. The van der Waals surface area contributed by atoms with Gasteiger partial charge in [0.05, 0.1) is 5.69 Å². The Morgan fingerprint density at radius 2 is 1.56 bits per heavy atom. The SMILES string of the molecule is O=C(Nc1ccc(N(C(=O)OCc2ccccc2)C2CCN2C(=O)O)c(F)c1)OCc1ccccc1. The third-order valence-corrected chi connectivity index (χ3v) is 5.60. The normalized spacial score (nSPS) is 14.4. The lowest BCUT2D eigenvalue weighted by molar-refractivity contribution is 0.0672. The molecule has 0 bridgehead atoms. The van der Waals surface area contributed by atoms with E-state index in [4.69, 9.17) is 9.47 Å². The van der Waals surface area contributed by atoms with Gasteiger partial charge in [-0.1, -0.05) is 60.7 Å². The largest absolute Gasteiger partial charge is 0.465 e. The number of halogens is 1. The van der Waals surface area contributed by atoms with Gasteiger partial charge < -0.3 is 14.6 Å². The third-order valence-electron chi connectivity index (χ3n) is 5.60. The molecule has 1 fully saturated rings. The highest BCUT2D eigenvalue weighted by atomic mass is 19.1. The molecule has 36 heavy (non-hydrogen) atoms. The van der Waals surface area contributed by atoms with Crippen molar-refractivity contribution in [3.63, 3.8) is 0 Å². The second-order valence-electron chi connectivity index (χ2n) is 8.01. The molecule has 0 aliphatic carbocycles. The summed E-state index contributed by atoms with van der Waals surface area (Å²) in [7, 11) is 0. The number of hydrogen-bond donors (Lipinski definition) is 2. The molecule has 0 aromatic heterocycles. The molecule has 0 spiro atoms. The predicted octanol–water partition coefficient (Wildman–Crippen LogP) is 5.43. The molecule has 3 aromatic carbocycles. The van der Waals surface area contributed by atoms with Gasteiger partial charge in [-0.05, 0) is 29.3 Å². The number of nitrogens with zero attached hydrogens (tertiary/aromatic N) is 2. The van der Waals surface area contributed by atoms with Crippen LogP contribution in [0.4, 0.5) is 30.1 Å². The van der Waals surface area contributed by atoms with Gasteiger partial charge in [-0.3, -0.25) is 15.1 Å². The number of carboxylic acid groups (broad SMARTS) is 1. The Balaban J connectivity index is 1.47.